The summed E-state index contributed by atoms with van der Waals surface area (Å²) in [6.45, 7) is 3.50. The highest BCUT2D eigenvalue weighted by Gasteiger charge is 2.19. The van der Waals surface area contributed by atoms with Crippen LogP contribution in [-0.4, -0.2) is 28.9 Å². The van der Waals surface area contributed by atoms with Crippen molar-refractivity contribution in [3.8, 4) is 5.69 Å². The van der Waals surface area contributed by atoms with E-state index >= 15 is 0 Å². The second-order valence-corrected chi connectivity index (χ2v) is 9.65. The Balaban J connectivity index is 1.71. The Bertz CT molecular complexity index is 1850. The molecule has 0 spiro atoms. The predicted octanol–water partition coefficient (Wildman–Crippen LogP) is 4.66. The van der Waals surface area contributed by atoms with E-state index in [0.29, 0.717) is 35.2 Å². The van der Waals surface area contributed by atoms with Crippen molar-refractivity contribution in [3.63, 3.8) is 0 Å². The molecule has 0 amide bonds. The molecule has 5 aromatic rings. The molecule has 0 saturated carbocycles. The molecule has 3 heterocycles. The first-order chi connectivity index (χ1) is 18.6. The second-order valence-electron chi connectivity index (χ2n) is 9.25. The number of nitrogens with zero attached hydrogens (tertiary/aromatic N) is 6. The number of fused-ring (bicyclic) bond motifs is 1. The van der Waals surface area contributed by atoms with Crippen molar-refractivity contribution in [2.75, 3.05) is 5.32 Å². The highest BCUT2D eigenvalue weighted by Crippen LogP contribution is 2.29. The first-order valence-electron chi connectivity index (χ1n) is 12.2. The second kappa shape index (κ2) is 10.4. The predicted molar refractivity (Wildman–Crippen MR) is 145 cm³/mol. The molecular formula is C27H24ClF2N7O2. The van der Waals surface area contributed by atoms with Gasteiger partial charge in [-0.3, -0.25) is 14.2 Å². The minimum atomic E-state index is -1.04. The van der Waals surface area contributed by atoms with Crippen LogP contribution in [0.25, 0.3) is 16.6 Å². The average molecular weight is 552 g/mol. The summed E-state index contributed by atoms with van der Waals surface area (Å²) >= 11 is 6.49. The zero-order valence-corrected chi connectivity index (χ0v) is 22.1. The van der Waals surface area contributed by atoms with Gasteiger partial charge in [-0.15, -0.1) is 0 Å². The maximum Gasteiger partial charge on any atom is 0.359 e. The number of halogens is 3. The summed E-state index contributed by atoms with van der Waals surface area (Å²) in [4.78, 5) is 35.2. The maximum atomic E-state index is 14.3. The van der Waals surface area contributed by atoms with Crippen LogP contribution in [0.15, 0.2) is 58.5 Å². The van der Waals surface area contributed by atoms with Gasteiger partial charge in [-0.05, 0) is 60.4 Å². The fourth-order valence-corrected chi connectivity index (χ4v) is 4.65. The molecule has 0 atom stereocenters. The lowest BCUT2D eigenvalue weighted by atomic mass is 10.0. The number of hydrogen-bond acceptors (Lipinski definition) is 6. The molecule has 0 fully saturated rings. The third kappa shape index (κ3) is 5.17. The summed E-state index contributed by atoms with van der Waals surface area (Å²) in [7, 11) is 1.77. The number of benzene rings is 2. The number of aryl methyl sites for hydroxylation is 3. The molecular weight excluding hydrogens is 528 g/mol. The maximum absolute atomic E-state index is 14.3. The van der Waals surface area contributed by atoms with E-state index in [4.69, 9.17) is 11.6 Å². The molecule has 9 nitrogen and oxygen atoms in total. The minimum absolute atomic E-state index is 0.112. The van der Waals surface area contributed by atoms with Gasteiger partial charge in [0.1, 0.15) is 0 Å². The van der Waals surface area contributed by atoms with E-state index in [9.17, 15) is 18.4 Å². The first kappa shape index (κ1) is 26.2. The molecule has 0 saturated heterocycles. The topological polar surface area (TPSA) is 99.6 Å². The van der Waals surface area contributed by atoms with Crippen molar-refractivity contribution < 1.29 is 8.78 Å². The Labute approximate surface area is 226 Å². The summed E-state index contributed by atoms with van der Waals surface area (Å²) in [6.07, 6.45) is 5.89. The fraction of sp³-hybridized carbons (Fsp3) is 0.222. The van der Waals surface area contributed by atoms with Crippen molar-refractivity contribution in [2.24, 2.45) is 7.05 Å². The largest absolute Gasteiger partial charge is 0.359 e. The molecule has 12 heteroatoms. The van der Waals surface area contributed by atoms with Crippen LogP contribution in [0.1, 0.15) is 30.0 Å². The molecule has 2 aromatic carbocycles. The standard InChI is InChI=1S/C27H24ClF2N7O2/c1-4-5-16-7-21(29)22(30)8-17(16)14-36-25(32-24-9-18-13-35(3)34-23(18)10-20(24)28)33-26(38)37(27(36)39)19-6-15(2)11-31-12-19/h6-13H,4-5,14H2,1-3H3,(H,32,33,38). The smallest absolute Gasteiger partial charge is 0.324 e. The Hall–Kier alpha value is -4.38. The zero-order chi connectivity index (χ0) is 27.8. The summed E-state index contributed by atoms with van der Waals surface area (Å²) < 4.78 is 32.1. The lowest BCUT2D eigenvalue weighted by molar-refractivity contribution is 0.503. The van der Waals surface area contributed by atoms with Crippen LogP contribution < -0.4 is 16.7 Å². The normalized spacial score (nSPS) is 11.3. The van der Waals surface area contributed by atoms with E-state index in [2.05, 4.69) is 20.4 Å². The Morgan fingerprint density at radius 3 is 2.49 bits per heavy atom. The van der Waals surface area contributed by atoms with Gasteiger partial charge in [0.2, 0.25) is 5.95 Å². The third-order valence-corrected chi connectivity index (χ3v) is 6.55. The van der Waals surface area contributed by atoms with Gasteiger partial charge in [-0.1, -0.05) is 24.9 Å². The van der Waals surface area contributed by atoms with E-state index < -0.39 is 23.0 Å². The quantitative estimate of drug-likeness (QED) is 0.316. The van der Waals surface area contributed by atoms with Gasteiger partial charge in [0, 0.05) is 24.8 Å². The SMILES string of the molecule is CCCc1cc(F)c(F)cc1Cn1c(Nc2cc3cn(C)nc3cc2Cl)nc(=O)n(-c2cncc(C)c2)c1=O. The van der Waals surface area contributed by atoms with Crippen LogP contribution in [-0.2, 0) is 20.0 Å². The van der Waals surface area contributed by atoms with Crippen LogP contribution >= 0.6 is 11.6 Å². The molecule has 0 bridgehead atoms. The molecule has 0 aliphatic rings. The van der Waals surface area contributed by atoms with Crippen molar-refractivity contribution >= 4 is 34.1 Å². The summed E-state index contributed by atoms with van der Waals surface area (Å²) in [6, 6.07) is 7.19. The number of rotatable bonds is 7. The molecule has 200 valence electrons. The van der Waals surface area contributed by atoms with Gasteiger partial charge in [-0.25, -0.2) is 22.9 Å². The Morgan fingerprint density at radius 1 is 1.03 bits per heavy atom. The molecule has 39 heavy (non-hydrogen) atoms. The van der Waals surface area contributed by atoms with Crippen LogP contribution in [0.5, 0.6) is 0 Å². The lowest BCUT2D eigenvalue weighted by Crippen LogP contribution is -2.42. The van der Waals surface area contributed by atoms with Gasteiger partial charge < -0.3 is 5.32 Å². The van der Waals surface area contributed by atoms with Gasteiger partial charge in [0.05, 0.1) is 34.7 Å². The summed E-state index contributed by atoms with van der Waals surface area (Å²) in [5.74, 6) is -2.13. The summed E-state index contributed by atoms with van der Waals surface area (Å²) in [5.41, 5.74) is 1.34. The first-order valence-corrected chi connectivity index (χ1v) is 12.5. The van der Waals surface area contributed by atoms with Gasteiger partial charge in [0.15, 0.2) is 11.6 Å². The van der Waals surface area contributed by atoms with Crippen molar-refractivity contribution in [3.05, 3.63) is 103 Å². The molecule has 0 aliphatic carbocycles. The van der Waals surface area contributed by atoms with Gasteiger partial charge in [-0.2, -0.15) is 10.1 Å². The van der Waals surface area contributed by atoms with Crippen LogP contribution in [0, 0.1) is 18.6 Å². The fourth-order valence-electron chi connectivity index (χ4n) is 4.45. The minimum Gasteiger partial charge on any atom is -0.324 e. The highest BCUT2D eigenvalue weighted by molar-refractivity contribution is 6.34. The van der Waals surface area contributed by atoms with E-state index in [1.165, 1.54) is 10.8 Å². The molecule has 5 rings (SSSR count). The van der Waals surface area contributed by atoms with E-state index in [-0.39, 0.29) is 23.2 Å². The van der Waals surface area contributed by atoms with Gasteiger partial charge >= 0.3 is 11.4 Å². The average Bonchev–Trinajstić information content (AvgIpc) is 3.23. The van der Waals surface area contributed by atoms with Crippen LogP contribution in [0.3, 0.4) is 0 Å². The number of nitrogens with one attached hydrogen (secondary N) is 1. The zero-order valence-electron chi connectivity index (χ0n) is 21.4. The Kier molecular flexibility index (Phi) is 7.00. The van der Waals surface area contributed by atoms with Crippen molar-refractivity contribution in [2.45, 2.75) is 33.2 Å². The number of anilines is 2. The van der Waals surface area contributed by atoms with E-state index in [1.807, 2.05) is 6.92 Å². The monoisotopic (exact) mass is 551 g/mol. The number of hydrogen-bond donors (Lipinski definition) is 1. The van der Waals surface area contributed by atoms with Crippen LogP contribution in [0.4, 0.5) is 20.4 Å². The molecule has 3 aromatic heterocycles. The summed E-state index contributed by atoms with van der Waals surface area (Å²) in [5, 5.41) is 8.38. The van der Waals surface area contributed by atoms with E-state index in [1.54, 1.807) is 49.2 Å². The highest BCUT2D eigenvalue weighted by atomic mass is 35.5. The molecule has 1 N–H and O–H groups in total. The van der Waals surface area contributed by atoms with E-state index in [0.717, 1.165) is 27.6 Å². The Morgan fingerprint density at radius 2 is 1.77 bits per heavy atom. The van der Waals surface area contributed by atoms with Crippen molar-refractivity contribution in [1.29, 1.82) is 0 Å². The molecule has 0 radical (unpaired) electrons. The van der Waals surface area contributed by atoms with Crippen molar-refractivity contribution in [1.82, 2.24) is 28.9 Å². The van der Waals surface area contributed by atoms with Crippen LogP contribution in [0.2, 0.25) is 5.02 Å². The number of pyridine rings is 1. The number of aromatic nitrogens is 6. The molecule has 0 aliphatic heterocycles. The lowest BCUT2D eigenvalue weighted by Gasteiger charge is -2.18. The molecule has 0 unspecified atom stereocenters. The van der Waals surface area contributed by atoms with Gasteiger partial charge in [0.25, 0.3) is 0 Å². The third-order valence-electron chi connectivity index (χ3n) is 6.23.